The monoisotopic (exact) mass is 506 g/mol. The predicted octanol–water partition coefficient (Wildman–Crippen LogP) is 5.49. The molecule has 8 heteroatoms. The van der Waals surface area contributed by atoms with Crippen molar-refractivity contribution in [3.63, 3.8) is 0 Å². The Hall–Kier alpha value is -3.42. The van der Waals surface area contributed by atoms with Crippen molar-refractivity contribution >= 4 is 40.8 Å². The van der Waals surface area contributed by atoms with Crippen LogP contribution in [0.4, 0.5) is 10.1 Å². The number of aryl methyl sites for hydroxylation is 1. The van der Waals surface area contributed by atoms with Crippen molar-refractivity contribution in [1.82, 2.24) is 15.2 Å². The van der Waals surface area contributed by atoms with E-state index in [1.807, 2.05) is 6.92 Å². The number of carbonyl (C=O) groups is 2. The molecule has 36 heavy (non-hydrogen) atoms. The number of hydrogen-bond donors (Lipinski definition) is 3. The minimum absolute atomic E-state index is 0.0107. The Balaban J connectivity index is 1.43. The van der Waals surface area contributed by atoms with E-state index in [0.29, 0.717) is 45.8 Å². The van der Waals surface area contributed by atoms with Gasteiger partial charge in [0.25, 0.3) is 11.8 Å². The van der Waals surface area contributed by atoms with Gasteiger partial charge in [-0.3, -0.25) is 9.59 Å². The van der Waals surface area contributed by atoms with E-state index in [-0.39, 0.29) is 16.8 Å². The number of H-pyrrole nitrogens is 1. The topological polar surface area (TPSA) is 77.2 Å². The van der Waals surface area contributed by atoms with Crippen molar-refractivity contribution in [1.29, 1.82) is 0 Å². The van der Waals surface area contributed by atoms with Crippen LogP contribution in [0.5, 0.6) is 0 Å². The predicted molar refractivity (Wildman–Crippen MR) is 142 cm³/mol. The molecule has 2 amide bonds. The van der Waals surface area contributed by atoms with Crippen molar-refractivity contribution in [2.24, 2.45) is 0 Å². The highest BCUT2D eigenvalue weighted by Gasteiger charge is 2.29. The van der Waals surface area contributed by atoms with Crippen LogP contribution in [-0.2, 0) is 4.79 Å². The lowest BCUT2D eigenvalue weighted by molar-refractivity contribution is -0.110. The molecule has 0 unspecified atom stereocenters. The minimum Gasteiger partial charge on any atom is -0.358 e. The van der Waals surface area contributed by atoms with Gasteiger partial charge in [0, 0.05) is 29.1 Å². The number of benzene rings is 2. The summed E-state index contributed by atoms with van der Waals surface area (Å²) >= 11 is 6.03. The van der Waals surface area contributed by atoms with E-state index in [1.54, 1.807) is 42.5 Å². The Bertz CT molecular complexity index is 1360. The molecule has 2 aromatic carbocycles. The van der Waals surface area contributed by atoms with Crippen LogP contribution in [0.2, 0.25) is 5.02 Å². The maximum absolute atomic E-state index is 14.9. The molecule has 0 aliphatic carbocycles. The SMILES string of the molecule is Cc1cc(C(=O)NCCCN2CCCC2)c(C=C2C(=O)Nc3cccc(-c4cccc(Cl)c4F)c32)[nH]1. The summed E-state index contributed by atoms with van der Waals surface area (Å²) in [6.07, 6.45) is 5.04. The summed E-state index contributed by atoms with van der Waals surface area (Å²) in [5, 5.41) is 5.87. The molecule has 0 bridgehead atoms. The fraction of sp³-hybridized carbons (Fsp3) is 0.286. The lowest BCUT2D eigenvalue weighted by Crippen LogP contribution is -2.28. The first kappa shape index (κ1) is 24.3. The number of anilines is 1. The maximum Gasteiger partial charge on any atom is 0.256 e. The number of hydrogen-bond acceptors (Lipinski definition) is 3. The lowest BCUT2D eigenvalue weighted by Gasteiger charge is -2.14. The molecule has 3 N–H and O–H groups in total. The van der Waals surface area contributed by atoms with Crippen LogP contribution >= 0.6 is 11.6 Å². The van der Waals surface area contributed by atoms with Gasteiger partial charge in [-0.1, -0.05) is 35.9 Å². The molecule has 2 aliphatic rings. The van der Waals surface area contributed by atoms with Crippen LogP contribution in [0.25, 0.3) is 22.8 Å². The average molecular weight is 507 g/mol. The van der Waals surface area contributed by atoms with Crippen molar-refractivity contribution in [2.45, 2.75) is 26.2 Å². The lowest BCUT2D eigenvalue weighted by atomic mass is 9.94. The van der Waals surface area contributed by atoms with E-state index in [1.165, 1.54) is 18.9 Å². The van der Waals surface area contributed by atoms with Gasteiger partial charge in [0.2, 0.25) is 0 Å². The third kappa shape index (κ3) is 4.81. The molecular formula is C28H28ClFN4O2. The van der Waals surface area contributed by atoms with Gasteiger partial charge in [-0.2, -0.15) is 0 Å². The zero-order valence-electron chi connectivity index (χ0n) is 20.1. The number of nitrogens with zero attached hydrogens (tertiary/aromatic N) is 1. The highest BCUT2D eigenvalue weighted by Crippen LogP contribution is 2.42. The number of halogens is 2. The summed E-state index contributed by atoms with van der Waals surface area (Å²) in [6.45, 7) is 5.68. The molecule has 1 aromatic heterocycles. The second-order valence-electron chi connectivity index (χ2n) is 9.28. The number of fused-ring (bicyclic) bond motifs is 1. The molecule has 6 nitrogen and oxygen atoms in total. The number of aromatic amines is 1. The van der Waals surface area contributed by atoms with E-state index < -0.39 is 5.82 Å². The molecule has 3 aromatic rings. The average Bonchev–Trinajstić information content (AvgIpc) is 3.58. The Morgan fingerprint density at radius 3 is 2.72 bits per heavy atom. The van der Waals surface area contributed by atoms with Crippen LogP contribution in [-0.4, -0.2) is 47.9 Å². The zero-order chi connectivity index (χ0) is 25.2. The molecule has 0 saturated carbocycles. The van der Waals surface area contributed by atoms with Gasteiger partial charge in [0.05, 0.1) is 21.9 Å². The third-order valence-electron chi connectivity index (χ3n) is 6.72. The number of carbonyl (C=O) groups excluding carboxylic acids is 2. The normalized spacial score (nSPS) is 16.4. The van der Waals surface area contributed by atoms with E-state index in [4.69, 9.17) is 11.6 Å². The van der Waals surface area contributed by atoms with Gasteiger partial charge in [-0.05, 0) is 75.7 Å². The molecule has 0 radical (unpaired) electrons. The first-order chi connectivity index (χ1) is 17.4. The summed E-state index contributed by atoms with van der Waals surface area (Å²) < 4.78 is 14.9. The molecule has 5 rings (SSSR count). The summed E-state index contributed by atoms with van der Waals surface area (Å²) in [5.74, 6) is -1.06. The van der Waals surface area contributed by atoms with Gasteiger partial charge in [0.1, 0.15) is 5.82 Å². The van der Waals surface area contributed by atoms with Crippen LogP contribution in [0.1, 0.15) is 46.6 Å². The van der Waals surface area contributed by atoms with Gasteiger partial charge >= 0.3 is 0 Å². The van der Waals surface area contributed by atoms with Gasteiger partial charge in [-0.15, -0.1) is 0 Å². The molecule has 186 valence electrons. The number of likely N-dealkylation sites (tertiary alicyclic amines) is 1. The fourth-order valence-electron chi connectivity index (χ4n) is 4.99. The van der Waals surface area contributed by atoms with E-state index >= 15 is 0 Å². The largest absolute Gasteiger partial charge is 0.358 e. The van der Waals surface area contributed by atoms with Crippen molar-refractivity contribution in [3.05, 3.63) is 75.8 Å². The van der Waals surface area contributed by atoms with Gasteiger partial charge in [0.15, 0.2) is 0 Å². The minimum atomic E-state index is -0.545. The number of nitrogens with one attached hydrogen (secondary N) is 3. The van der Waals surface area contributed by atoms with Crippen LogP contribution < -0.4 is 10.6 Å². The summed E-state index contributed by atoms with van der Waals surface area (Å²) in [4.78, 5) is 31.6. The molecule has 3 heterocycles. The first-order valence-electron chi connectivity index (χ1n) is 12.2. The fourth-order valence-corrected chi connectivity index (χ4v) is 5.16. The van der Waals surface area contributed by atoms with E-state index in [9.17, 15) is 14.0 Å². The molecule has 1 saturated heterocycles. The zero-order valence-corrected chi connectivity index (χ0v) is 20.8. The van der Waals surface area contributed by atoms with Crippen molar-refractivity contribution in [3.8, 4) is 11.1 Å². The third-order valence-corrected chi connectivity index (χ3v) is 7.01. The van der Waals surface area contributed by atoms with Gasteiger partial charge in [-0.25, -0.2) is 4.39 Å². The number of amides is 2. The smallest absolute Gasteiger partial charge is 0.256 e. The van der Waals surface area contributed by atoms with E-state index in [0.717, 1.165) is 31.7 Å². The van der Waals surface area contributed by atoms with Crippen LogP contribution in [0, 0.1) is 12.7 Å². The Morgan fingerprint density at radius 2 is 1.92 bits per heavy atom. The number of aromatic nitrogens is 1. The first-order valence-corrected chi connectivity index (χ1v) is 12.6. The summed E-state index contributed by atoms with van der Waals surface area (Å²) in [6, 6.07) is 11.9. The molecular weight excluding hydrogens is 479 g/mol. The second kappa shape index (κ2) is 10.3. The van der Waals surface area contributed by atoms with Crippen molar-refractivity contribution < 1.29 is 14.0 Å². The highest BCUT2D eigenvalue weighted by atomic mass is 35.5. The Labute approximate surface area is 214 Å². The molecule has 0 spiro atoms. The van der Waals surface area contributed by atoms with Gasteiger partial charge < -0.3 is 20.5 Å². The maximum atomic E-state index is 14.9. The molecule has 1 fully saturated rings. The van der Waals surface area contributed by atoms with Crippen LogP contribution in [0.3, 0.4) is 0 Å². The summed E-state index contributed by atoms with van der Waals surface area (Å²) in [7, 11) is 0. The van der Waals surface area contributed by atoms with E-state index in [2.05, 4.69) is 20.5 Å². The summed E-state index contributed by atoms with van der Waals surface area (Å²) in [5.41, 5.74) is 4.17. The van der Waals surface area contributed by atoms with Crippen molar-refractivity contribution in [2.75, 3.05) is 31.5 Å². The highest BCUT2D eigenvalue weighted by molar-refractivity contribution is 6.36. The molecule has 2 aliphatic heterocycles. The Morgan fingerprint density at radius 1 is 1.17 bits per heavy atom. The standard InChI is InChI=1S/C28H28ClFN4O2/c1-17-15-20(27(35)31-11-6-14-34-12-2-3-13-34)24(32-17)16-21-25-18(7-5-10-23(25)33-28(21)36)19-8-4-9-22(29)26(19)30/h4-5,7-10,15-16,32H,2-3,6,11-14H2,1H3,(H,31,35)(H,33,36). The Kier molecular flexibility index (Phi) is 6.94. The number of rotatable bonds is 7. The second-order valence-corrected chi connectivity index (χ2v) is 9.69. The quantitative estimate of drug-likeness (QED) is 0.293. The van der Waals surface area contributed by atoms with Crippen LogP contribution in [0.15, 0.2) is 42.5 Å². The molecule has 0 atom stereocenters.